The highest BCUT2D eigenvalue weighted by Crippen LogP contribution is 2.31. The summed E-state index contributed by atoms with van der Waals surface area (Å²) in [5.41, 5.74) is 0.511. The first-order valence-electron chi connectivity index (χ1n) is 5.84. The SMILES string of the molecule is CC1CC(O)(Cc2ccncc2)CC(C)O1. The molecule has 0 aromatic carbocycles. The smallest absolute Gasteiger partial charge is 0.0737 e. The Morgan fingerprint density at radius 3 is 2.44 bits per heavy atom. The molecule has 1 N–H and O–H groups in total. The summed E-state index contributed by atoms with van der Waals surface area (Å²) >= 11 is 0. The van der Waals surface area contributed by atoms with Crippen LogP contribution in [0.5, 0.6) is 0 Å². The number of nitrogens with zero attached hydrogens (tertiary/aromatic N) is 1. The van der Waals surface area contributed by atoms with Gasteiger partial charge in [0.2, 0.25) is 0 Å². The predicted molar refractivity (Wildman–Crippen MR) is 62.1 cm³/mol. The maximum Gasteiger partial charge on any atom is 0.0737 e. The lowest BCUT2D eigenvalue weighted by molar-refractivity contribution is -0.130. The molecule has 2 rings (SSSR count). The van der Waals surface area contributed by atoms with Crippen LogP contribution in [-0.4, -0.2) is 27.9 Å². The lowest BCUT2D eigenvalue weighted by Crippen LogP contribution is -2.44. The van der Waals surface area contributed by atoms with Gasteiger partial charge < -0.3 is 9.84 Å². The summed E-state index contributed by atoms with van der Waals surface area (Å²) in [6, 6.07) is 3.92. The van der Waals surface area contributed by atoms with Gasteiger partial charge >= 0.3 is 0 Å². The van der Waals surface area contributed by atoms with Crippen molar-refractivity contribution in [1.82, 2.24) is 4.98 Å². The molecule has 16 heavy (non-hydrogen) atoms. The second-order valence-electron chi connectivity index (χ2n) is 4.92. The van der Waals surface area contributed by atoms with E-state index >= 15 is 0 Å². The molecule has 1 aromatic rings. The number of ether oxygens (including phenoxy) is 1. The molecule has 0 radical (unpaired) electrons. The maximum atomic E-state index is 10.6. The summed E-state index contributed by atoms with van der Waals surface area (Å²) in [5, 5.41) is 10.6. The number of hydrogen-bond donors (Lipinski definition) is 1. The first-order chi connectivity index (χ1) is 7.57. The molecular formula is C13H19NO2. The van der Waals surface area contributed by atoms with Crippen LogP contribution in [0.2, 0.25) is 0 Å². The van der Waals surface area contributed by atoms with Gasteiger partial charge in [-0.05, 0) is 31.5 Å². The Morgan fingerprint density at radius 1 is 1.31 bits per heavy atom. The minimum atomic E-state index is -0.627. The Bertz CT molecular complexity index is 329. The summed E-state index contributed by atoms with van der Waals surface area (Å²) in [4.78, 5) is 3.98. The van der Waals surface area contributed by atoms with E-state index in [2.05, 4.69) is 4.98 Å². The zero-order valence-electron chi connectivity index (χ0n) is 9.89. The average Bonchev–Trinajstić information content (AvgIpc) is 2.15. The van der Waals surface area contributed by atoms with E-state index in [-0.39, 0.29) is 12.2 Å². The Morgan fingerprint density at radius 2 is 1.88 bits per heavy atom. The summed E-state index contributed by atoms with van der Waals surface area (Å²) in [6.07, 6.45) is 5.91. The maximum absolute atomic E-state index is 10.6. The van der Waals surface area contributed by atoms with E-state index in [4.69, 9.17) is 4.74 Å². The monoisotopic (exact) mass is 221 g/mol. The second kappa shape index (κ2) is 4.52. The summed E-state index contributed by atoms with van der Waals surface area (Å²) < 4.78 is 5.65. The van der Waals surface area contributed by atoms with Gasteiger partial charge in [0, 0.05) is 31.7 Å². The molecule has 1 aliphatic rings. The molecule has 0 bridgehead atoms. The Balaban J connectivity index is 2.07. The molecule has 2 atom stereocenters. The number of aliphatic hydroxyl groups is 1. The molecule has 0 spiro atoms. The van der Waals surface area contributed by atoms with E-state index in [1.54, 1.807) is 12.4 Å². The normalized spacial score (nSPS) is 34.9. The molecule has 2 heterocycles. The fourth-order valence-corrected chi connectivity index (χ4v) is 2.67. The van der Waals surface area contributed by atoms with Gasteiger partial charge in [-0.25, -0.2) is 0 Å². The van der Waals surface area contributed by atoms with Crippen LogP contribution in [0, 0.1) is 0 Å². The lowest BCUT2D eigenvalue weighted by atomic mass is 9.83. The van der Waals surface area contributed by atoms with Crippen LogP contribution in [0.15, 0.2) is 24.5 Å². The van der Waals surface area contributed by atoms with Gasteiger partial charge in [0.05, 0.1) is 17.8 Å². The molecule has 1 fully saturated rings. The zero-order valence-corrected chi connectivity index (χ0v) is 9.89. The van der Waals surface area contributed by atoms with E-state index in [1.165, 1.54) is 0 Å². The highest BCUT2D eigenvalue weighted by atomic mass is 16.5. The van der Waals surface area contributed by atoms with Crippen LogP contribution in [0.4, 0.5) is 0 Å². The van der Waals surface area contributed by atoms with E-state index < -0.39 is 5.60 Å². The fraction of sp³-hybridized carbons (Fsp3) is 0.615. The first-order valence-corrected chi connectivity index (χ1v) is 5.84. The third kappa shape index (κ3) is 2.80. The number of pyridine rings is 1. The van der Waals surface area contributed by atoms with Gasteiger partial charge in [-0.3, -0.25) is 4.98 Å². The minimum Gasteiger partial charge on any atom is -0.389 e. The number of hydrogen-bond acceptors (Lipinski definition) is 3. The molecule has 0 aliphatic carbocycles. The third-order valence-electron chi connectivity index (χ3n) is 3.08. The van der Waals surface area contributed by atoms with Crippen molar-refractivity contribution in [3.8, 4) is 0 Å². The summed E-state index contributed by atoms with van der Waals surface area (Å²) in [5.74, 6) is 0. The minimum absolute atomic E-state index is 0.135. The molecule has 1 aliphatic heterocycles. The topological polar surface area (TPSA) is 42.4 Å². The van der Waals surface area contributed by atoms with Crippen molar-refractivity contribution in [2.45, 2.75) is 50.9 Å². The van der Waals surface area contributed by atoms with Crippen LogP contribution in [0.3, 0.4) is 0 Å². The van der Waals surface area contributed by atoms with Crippen molar-refractivity contribution in [2.75, 3.05) is 0 Å². The standard InChI is InChI=1S/C13H19NO2/c1-10-7-13(15,8-11(2)16-10)9-12-3-5-14-6-4-12/h3-6,10-11,15H,7-9H2,1-2H3. The van der Waals surface area contributed by atoms with Gasteiger partial charge in [-0.1, -0.05) is 0 Å². The summed E-state index contributed by atoms with van der Waals surface area (Å²) in [7, 11) is 0. The predicted octanol–water partition coefficient (Wildman–Crippen LogP) is 1.94. The van der Waals surface area contributed by atoms with E-state index in [1.807, 2.05) is 26.0 Å². The van der Waals surface area contributed by atoms with E-state index in [0.717, 1.165) is 5.56 Å². The molecular weight excluding hydrogens is 202 g/mol. The van der Waals surface area contributed by atoms with E-state index in [9.17, 15) is 5.11 Å². The Hall–Kier alpha value is -0.930. The number of rotatable bonds is 2. The summed E-state index contributed by atoms with van der Waals surface area (Å²) in [6.45, 7) is 4.04. The van der Waals surface area contributed by atoms with Gasteiger partial charge in [0.15, 0.2) is 0 Å². The lowest BCUT2D eigenvalue weighted by Gasteiger charge is -2.39. The van der Waals surface area contributed by atoms with Crippen molar-refractivity contribution in [3.63, 3.8) is 0 Å². The average molecular weight is 221 g/mol. The molecule has 1 saturated heterocycles. The van der Waals surface area contributed by atoms with Gasteiger partial charge in [0.1, 0.15) is 0 Å². The molecule has 0 saturated carbocycles. The van der Waals surface area contributed by atoms with Crippen molar-refractivity contribution >= 4 is 0 Å². The van der Waals surface area contributed by atoms with Crippen LogP contribution in [0.25, 0.3) is 0 Å². The van der Waals surface area contributed by atoms with Gasteiger partial charge in [-0.15, -0.1) is 0 Å². The van der Waals surface area contributed by atoms with Crippen molar-refractivity contribution in [3.05, 3.63) is 30.1 Å². The Labute approximate surface area is 96.5 Å². The van der Waals surface area contributed by atoms with Crippen LogP contribution >= 0.6 is 0 Å². The van der Waals surface area contributed by atoms with Gasteiger partial charge in [0.25, 0.3) is 0 Å². The van der Waals surface area contributed by atoms with Crippen LogP contribution in [-0.2, 0) is 11.2 Å². The van der Waals surface area contributed by atoms with Crippen molar-refractivity contribution < 1.29 is 9.84 Å². The highest BCUT2D eigenvalue weighted by Gasteiger charge is 2.36. The van der Waals surface area contributed by atoms with Crippen molar-refractivity contribution in [1.29, 1.82) is 0 Å². The second-order valence-corrected chi connectivity index (χ2v) is 4.92. The molecule has 0 amide bonds. The largest absolute Gasteiger partial charge is 0.389 e. The molecule has 1 aromatic heterocycles. The van der Waals surface area contributed by atoms with E-state index in [0.29, 0.717) is 19.3 Å². The number of aromatic nitrogens is 1. The first kappa shape index (κ1) is 11.6. The molecule has 3 heteroatoms. The fourth-order valence-electron chi connectivity index (χ4n) is 2.67. The molecule has 88 valence electrons. The van der Waals surface area contributed by atoms with Crippen LogP contribution < -0.4 is 0 Å². The quantitative estimate of drug-likeness (QED) is 0.830. The van der Waals surface area contributed by atoms with Gasteiger partial charge in [-0.2, -0.15) is 0 Å². The molecule has 3 nitrogen and oxygen atoms in total. The highest BCUT2D eigenvalue weighted by molar-refractivity contribution is 5.13. The Kier molecular flexibility index (Phi) is 3.26. The van der Waals surface area contributed by atoms with Crippen LogP contribution in [0.1, 0.15) is 32.3 Å². The molecule has 2 unspecified atom stereocenters. The zero-order chi connectivity index (χ0) is 11.6. The third-order valence-corrected chi connectivity index (χ3v) is 3.08. The van der Waals surface area contributed by atoms with Crippen molar-refractivity contribution in [2.24, 2.45) is 0 Å².